The maximum absolute atomic E-state index is 12.4. The number of halogens is 2. The fourth-order valence-electron chi connectivity index (χ4n) is 2.18. The Morgan fingerprint density at radius 3 is 2.78 bits per heavy atom. The van der Waals surface area contributed by atoms with Crippen molar-refractivity contribution in [1.29, 1.82) is 0 Å². The zero-order valence-corrected chi connectivity index (χ0v) is 13.6. The van der Waals surface area contributed by atoms with Crippen molar-refractivity contribution in [2.24, 2.45) is 0 Å². The van der Waals surface area contributed by atoms with E-state index < -0.39 is 0 Å². The molecule has 8 heteroatoms. The van der Waals surface area contributed by atoms with E-state index in [1.54, 1.807) is 29.2 Å². The first-order valence-electron chi connectivity index (χ1n) is 7.05. The van der Waals surface area contributed by atoms with Gasteiger partial charge in [0.25, 0.3) is 5.91 Å². The van der Waals surface area contributed by atoms with Crippen molar-refractivity contribution in [3.05, 3.63) is 46.2 Å². The van der Waals surface area contributed by atoms with Crippen LogP contribution in [0.3, 0.4) is 0 Å². The van der Waals surface area contributed by atoms with Crippen molar-refractivity contribution >= 4 is 40.7 Å². The van der Waals surface area contributed by atoms with Crippen molar-refractivity contribution in [1.82, 2.24) is 14.9 Å². The number of carbonyl (C=O) groups is 1. The lowest BCUT2D eigenvalue weighted by atomic mass is 10.3. The molecule has 2 aromatic rings. The number of aromatic nitrogens is 2. The van der Waals surface area contributed by atoms with E-state index in [-0.39, 0.29) is 11.9 Å². The molecule has 1 aliphatic rings. The van der Waals surface area contributed by atoms with Crippen LogP contribution >= 0.6 is 23.2 Å². The van der Waals surface area contributed by atoms with Crippen molar-refractivity contribution in [3.63, 3.8) is 0 Å². The Kier molecular flexibility index (Phi) is 4.95. The lowest BCUT2D eigenvalue weighted by molar-refractivity contribution is 0.0299. The van der Waals surface area contributed by atoms with E-state index in [1.807, 2.05) is 0 Å². The molecule has 23 heavy (non-hydrogen) atoms. The van der Waals surface area contributed by atoms with Gasteiger partial charge in [-0.3, -0.25) is 4.79 Å². The van der Waals surface area contributed by atoms with Gasteiger partial charge in [0.05, 0.1) is 23.9 Å². The Balaban J connectivity index is 1.79. The van der Waals surface area contributed by atoms with Crippen LogP contribution in [0.5, 0.6) is 0 Å². The third-order valence-corrected chi connectivity index (χ3v) is 3.91. The minimum atomic E-state index is -0.143. The van der Waals surface area contributed by atoms with Crippen LogP contribution in [-0.2, 0) is 4.74 Å². The highest BCUT2D eigenvalue weighted by atomic mass is 35.5. The smallest absolute Gasteiger partial charge is 0.272 e. The van der Waals surface area contributed by atoms with Gasteiger partial charge < -0.3 is 15.0 Å². The molecular weight excluding hydrogens is 339 g/mol. The molecule has 120 valence electrons. The number of morpholine rings is 1. The number of nitrogens with one attached hydrogen (secondary N) is 1. The Labute approximate surface area is 143 Å². The molecule has 0 atom stereocenters. The van der Waals surface area contributed by atoms with Gasteiger partial charge >= 0.3 is 0 Å². The average molecular weight is 353 g/mol. The molecule has 3 rings (SSSR count). The molecule has 0 spiro atoms. The maximum atomic E-state index is 12.4. The van der Waals surface area contributed by atoms with Crippen molar-refractivity contribution in [2.45, 2.75) is 0 Å². The summed E-state index contributed by atoms with van der Waals surface area (Å²) in [6.07, 6.45) is 1.53. The SMILES string of the molecule is O=C(c1ccnc(Nc2cc(Cl)ccc2Cl)n1)N1CCOCC1. The molecule has 1 amide bonds. The molecule has 0 aliphatic carbocycles. The van der Waals surface area contributed by atoms with Gasteiger partial charge in [-0.05, 0) is 24.3 Å². The number of carbonyl (C=O) groups excluding carboxylic acids is 1. The molecule has 1 aromatic heterocycles. The van der Waals surface area contributed by atoms with Crippen LogP contribution in [0.15, 0.2) is 30.5 Å². The number of amides is 1. The zero-order valence-electron chi connectivity index (χ0n) is 12.1. The Bertz CT molecular complexity index is 720. The van der Waals surface area contributed by atoms with Crippen molar-refractivity contribution < 1.29 is 9.53 Å². The summed E-state index contributed by atoms with van der Waals surface area (Å²) in [7, 11) is 0. The number of nitrogens with zero attached hydrogens (tertiary/aromatic N) is 3. The lowest BCUT2D eigenvalue weighted by Crippen LogP contribution is -2.41. The lowest BCUT2D eigenvalue weighted by Gasteiger charge is -2.26. The highest BCUT2D eigenvalue weighted by Gasteiger charge is 2.20. The molecule has 0 bridgehead atoms. The number of ether oxygens (including phenoxy) is 1. The Morgan fingerprint density at radius 2 is 2.00 bits per heavy atom. The van der Waals surface area contributed by atoms with Gasteiger partial charge in [0.15, 0.2) is 0 Å². The summed E-state index contributed by atoms with van der Waals surface area (Å²) in [4.78, 5) is 22.5. The van der Waals surface area contributed by atoms with Crippen LogP contribution in [-0.4, -0.2) is 47.1 Å². The second-order valence-electron chi connectivity index (χ2n) is 4.92. The molecule has 1 saturated heterocycles. The number of hydrogen-bond acceptors (Lipinski definition) is 5. The summed E-state index contributed by atoms with van der Waals surface area (Å²) in [6, 6.07) is 6.62. The molecule has 1 N–H and O–H groups in total. The first-order chi connectivity index (χ1) is 11.1. The summed E-state index contributed by atoms with van der Waals surface area (Å²) in [6.45, 7) is 2.21. The van der Waals surface area contributed by atoms with E-state index in [1.165, 1.54) is 6.20 Å². The van der Waals surface area contributed by atoms with Crippen LogP contribution < -0.4 is 5.32 Å². The first kappa shape index (κ1) is 16.0. The van der Waals surface area contributed by atoms with E-state index >= 15 is 0 Å². The third kappa shape index (κ3) is 3.90. The highest BCUT2D eigenvalue weighted by Crippen LogP contribution is 2.27. The number of anilines is 2. The van der Waals surface area contributed by atoms with Crippen molar-refractivity contribution in [2.75, 3.05) is 31.6 Å². The summed E-state index contributed by atoms with van der Waals surface area (Å²) < 4.78 is 5.25. The molecule has 1 aromatic carbocycles. The van der Waals surface area contributed by atoms with Crippen molar-refractivity contribution in [3.8, 4) is 0 Å². The summed E-state index contributed by atoms with van der Waals surface area (Å²) in [5.74, 6) is 0.143. The van der Waals surface area contributed by atoms with Gasteiger partial charge in [-0.1, -0.05) is 23.2 Å². The largest absolute Gasteiger partial charge is 0.378 e. The number of hydrogen-bond donors (Lipinski definition) is 1. The molecule has 0 radical (unpaired) electrons. The van der Waals surface area contributed by atoms with Crippen LogP contribution in [0.4, 0.5) is 11.6 Å². The molecule has 6 nitrogen and oxygen atoms in total. The zero-order chi connectivity index (χ0) is 16.2. The van der Waals surface area contributed by atoms with Crippen LogP contribution in [0, 0.1) is 0 Å². The second kappa shape index (κ2) is 7.12. The number of rotatable bonds is 3. The van der Waals surface area contributed by atoms with Crippen LogP contribution in [0.2, 0.25) is 10.0 Å². The number of benzene rings is 1. The monoisotopic (exact) mass is 352 g/mol. The van der Waals surface area contributed by atoms with Gasteiger partial charge in [0.2, 0.25) is 5.95 Å². The molecule has 0 unspecified atom stereocenters. The molecule has 0 saturated carbocycles. The fraction of sp³-hybridized carbons (Fsp3) is 0.267. The predicted octanol–water partition coefficient (Wildman–Crippen LogP) is 3.00. The van der Waals surface area contributed by atoms with E-state index in [9.17, 15) is 4.79 Å². The minimum absolute atomic E-state index is 0.143. The van der Waals surface area contributed by atoms with Gasteiger partial charge in [0, 0.05) is 24.3 Å². The highest BCUT2D eigenvalue weighted by molar-refractivity contribution is 6.35. The Morgan fingerprint density at radius 1 is 1.22 bits per heavy atom. The van der Waals surface area contributed by atoms with Gasteiger partial charge in [0.1, 0.15) is 5.69 Å². The quantitative estimate of drug-likeness (QED) is 0.919. The first-order valence-corrected chi connectivity index (χ1v) is 7.81. The molecular formula is C15H14Cl2N4O2. The molecule has 1 fully saturated rings. The normalized spacial score (nSPS) is 14.6. The molecule has 2 heterocycles. The van der Waals surface area contributed by atoms with E-state index in [4.69, 9.17) is 27.9 Å². The van der Waals surface area contributed by atoms with E-state index in [2.05, 4.69) is 15.3 Å². The van der Waals surface area contributed by atoms with Gasteiger partial charge in [-0.15, -0.1) is 0 Å². The maximum Gasteiger partial charge on any atom is 0.272 e. The van der Waals surface area contributed by atoms with Crippen LogP contribution in [0.25, 0.3) is 0 Å². The van der Waals surface area contributed by atoms with E-state index in [0.29, 0.717) is 47.7 Å². The van der Waals surface area contributed by atoms with Gasteiger partial charge in [-0.2, -0.15) is 0 Å². The average Bonchev–Trinajstić information content (AvgIpc) is 2.58. The fourth-order valence-corrected chi connectivity index (χ4v) is 2.52. The second-order valence-corrected chi connectivity index (χ2v) is 5.76. The Hall–Kier alpha value is -1.89. The topological polar surface area (TPSA) is 67.4 Å². The molecule has 1 aliphatic heterocycles. The summed E-state index contributed by atoms with van der Waals surface area (Å²) in [5.41, 5.74) is 0.901. The van der Waals surface area contributed by atoms with Crippen LogP contribution in [0.1, 0.15) is 10.5 Å². The summed E-state index contributed by atoms with van der Waals surface area (Å²) in [5, 5.41) is 4.01. The summed E-state index contributed by atoms with van der Waals surface area (Å²) >= 11 is 12.1. The van der Waals surface area contributed by atoms with E-state index in [0.717, 1.165) is 0 Å². The third-order valence-electron chi connectivity index (χ3n) is 3.35. The standard InChI is InChI=1S/C15H14Cl2N4O2/c16-10-1-2-11(17)13(9-10)20-15-18-4-3-12(19-15)14(22)21-5-7-23-8-6-21/h1-4,9H,5-8H2,(H,18,19,20). The predicted molar refractivity (Wildman–Crippen MR) is 88.5 cm³/mol. The minimum Gasteiger partial charge on any atom is -0.378 e. The van der Waals surface area contributed by atoms with Gasteiger partial charge in [-0.25, -0.2) is 9.97 Å².